The number of carbonyl (C=O) groups is 1. The molecule has 8 heteroatoms. The topological polar surface area (TPSA) is 84.9 Å². The Labute approximate surface area is 196 Å². The molecule has 1 aromatic carbocycles. The van der Waals surface area contributed by atoms with Crippen molar-refractivity contribution in [3.8, 4) is 11.5 Å². The van der Waals surface area contributed by atoms with Crippen LogP contribution >= 0.6 is 0 Å². The lowest BCUT2D eigenvalue weighted by atomic mass is 9.79. The van der Waals surface area contributed by atoms with Gasteiger partial charge in [0.05, 0.1) is 18.1 Å². The van der Waals surface area contributed by atoms with Gasteiger partial charge < -0.3 is 14.8 Å². The van der Waals surface area contributed by atoms with Crippen molar-refractivity contribution in [1.29, 1.82) is 0 Å². The Morgan fingerprint density at radius 1 is 0.909 bits per heavy atom. The van der Waals surface area contributed by atoms with E-state index >= 15 is 0 Å². The Morgan fingerprint density at radius 2 is 1.67 bits per heavy atom. The van der Waals surface area contributed by atoms with Crippen LogP contribution in [-0.2, 0) is 14.8 Å². The van der Waals surface area contributed by atoms with Crippen LogP contribution < -0.4 is 14.8 Å². The molecule has 5 atom stereocenters. The molecule has 2 bridgehead atoms. The lowest BCUT2D eigenvalue weighted by Crippen LogP contribution is -2.48. The van der Waals surface area contributed by atoms with Crippen molar-refractivity contribution in [1.82, 2.24) is 9.62 Å². The fraction of sp³-hybridized carbons (Fsp3) is 0.720. The van der Waals surface area contributed by atoms with Gasteiger partial charge in [0.25, 0.3) is 0 Å². The Bertz CT molecular complexity index is 1020. The molecule has 0 aromatic heterocycles. The molecule has 0 unspecified atom stereocenters. The second-order valence-corrected chi connectivity index (χ2v) is 12.5. The van der Waals surface area contributed by atoms with Crippen molar-refractivity contribution in [3.05, 3.63) is 18.2 Å². The highest BCUT2D eigenvalue weighted by Crippen LogP contribution is 2.58. The fourth-order valence-corrected chi connectivity index (χ4v) is 8.83. The number of nitrogens with zero attached hydrogens (tertiary/aromatic N) is 1. The molecule has 1 aromatic rings. The Kier molecular flexibility index (Phi) is 5.56. The van der Waals surface area contributed by atoms with Crippen molar-refractivity contribution in [2.75, 3.05) is 26.3 Å². The molecule has 0 radical (unpaired) electrons. The molecule has 33 heavy (non-hydrogen) atoms. The van der Waals surface area contributed by atoms with Gasteiger partial charge in [0, 0.05) is 37.5 Å². The number of ether oxygens (including phenoxy) is 2. The molecule has 6 rings (SSSR count). The third-order valence-corrected chi connectivity index (χ3v) is 10.8. The third kappa shape index (κ3) is 3.83. The summed E-state index contributed by atoms with van der Waals surface area (Å²) in [6, 6.07) is 5.18. The summed E-state index contributed by atoms with van der Waals surface area (Å²) in [6.07, 6.45) is 8.46. The number of sulfonamides is 1. The summed E-state index contributed by atoms with van der Waals surface area (Å²) in [6.45, 7) is 1.83. The van der Waals surface area contributed by atoms with Gasteiger partial charge in [-0.1, -0.05) is 6.42 Å². The number of nitrogens with one attached hydrogen (secondary N) is 1. The maximum atomic E-state index is 13.2. The van der Waals surface area contributed by atoms with Gasteiger partial charge in [0.1, 0.15) is 0 Å². The van der Waals surface area contributed by atoms with Crippen molar-refractivity contribution in [2.24, 2.45) is 29.6 Å². The van der Waals surface area contributed by atoms with Gasteiger partial charge in [-0.05, 0) is 74.3 Å². The number of fused-ring (bicyclic) bond motifs is 6. The van der Waals surface area contributed by atoms with Gasteiger partial charge in [0.2, 0.25) is 15.9 Å². The van der Waals surface area contributed by atoms with E-state index in [0.29, 0.717) is 62.6 Å². The molecule has 2 aliphatic heterocycles. The van der Waals surface area contributed by atoms with Gasteiger partial charge in [-0.25, -0.2) is 8.42 Å². The first kappa shape index (κ1) is 21.7. The van der Waals surface area contributed by atoms with E-state index in [0.717, 1.165) is 30.6 Å². The summed E-state index contributed by atoms with van der Waals surface area (Å²) in [4.78, 5) is 13.3. The number of rotatable bonds is 4. The number of benzene rings is 1. The number of piperidine rings is 1. The van der Waals surface area contributed by atoms with Crippen LogP contribution in [0.15, 0.2) is 23.1 Å². The highest BCUT2D eigenvalue weighted by Gasteiger charge is 2.54. The minimum atomic E-state index is -3.63. The Hall–Kier alpha value is -1.80. The van der Waals surface area contributed by atoms with E-state index < -0.39 is 10.0 Å². The molecule has 4 fully saturated rings. The van der Waals surface area contributed by atoms with E-state index in [4.69, 9.17) is 9.47 Å². The first-order valence-corrected chi connectivity index (χ1v) is 14.1. The second-order valence-electron chi connectivity index (χ2n) is 10.6. The molecule has 2 heterocycles. The molecule has 1 amide bonds. The van der Waals surface area contributed by atoms with Crippen LogP contribution in [0.4, 0.5) is 0 Å². The van der Waals surface area contributed by atoms with Crippen LogP contribution in [0.3, 0.4) is 0 Å². The zero-order valence-corrected chi connectivity index (χ0v) is 19.9. The summed E-state index contributed by atoms with van der Waals surface area (Å²) in [5.41, 5.74) is 0. The summed E-state index contributed by atoms with van der Waals surface area (Å²) < 4.78 is 39.3. The van der Waals surface area contributed by atoms with Crippen LogP contribution in [0, 0.1) is 29.6 Å². The lowest BCUT2D eigenvalue weighted by Gasteiger charge is -2.35. The smallest absolute Gasteiger partial charge is 0.243 e. The molecule has 1 saturated heterocycles. The summed E-state index contributed by atoms with van der Waals surface area (Å²) >= 11 is 0. The zero-order valence-electron chi connectivity index (χ0n) is 19.1. The minimum absolute atomic E-state index is 0.0984. The molecule has 3 saturated carbocycles. The predicted octanol–water partition coefficient (Wildman–Crippen LogP) is 3.19. The standard InChI is InChI=1S/C25H34N2O5S/c28-25(26-22-14-17-13-21(22)20-4-1-3-19(17)20)16-7-9-27(10-8-16)33(29,30)18-5-6-23-24(15-18)32-12-2-11-31-23/h5-6,15-17,19-22H,1-4,7-14H2,(H,26,28)/t17-,19+,20-,21+,22-/m1/s1. The molecular formula is C25H34N2O5S. The van der Waals surface area contributed by atoms with Crippen LogP contribution in [0.1, 0.15) is 51.4 Å². The van der Waals surface area contributed by atoms with Crippen molar-refractivity contribution >= 4 is 15.9 Å². The van der Waals surface area contributed by atoms with Crippen LogP contribution in [0.2, 0.25) is 0 Å². The van der Waals surface area contributed by atoms with E-state index in [9.17, 15) is 13.2 Å². The molecule has 1 N–H and O–H groups in total. The van der Waals surface area contributed by atoms with E-state index in [1.807, 2.05) is 0 Å². The van der Waals surface area contributed by atoms with Gasteiger partial charge in [-0.2, -0.15) is 4.31 Å². The molecular weight excluding hydrogens is 440 g/mol. The van der Waals surface area contributed by atoms with Crippen LogP contribution in [0.25, 0.3) is 0 Å². The van der Waals surface area contributed by atoms with Gasteiger partial charge >= 0.3 is 0 Å². The highest BCUT2D eigenvalue weighted by molar-refractivity contribution is 7.89. The van der Waals surface area contributed by atoms with Crippen LogP contribution in [-0.4, -0.2) is 51.0 Å². The van der Waals surface area contributed by atoms with Gasteiger partial charge in [-0.3, -0.25) is 4.79 Å². The highest BCUT2D eigenvalue weighted by atomic mass is 32.2. The maximum Gasteiger partial charge on any atom is 0.243 e. The molecule has 180 valence electrons. The monoisotopic (exact) mass is 474 g/mol. The number of amides is 1. The van der Waals surface area contributed by atoms with Crippen molar-refractivity contribution < 1.29 is 22.7 Å². The molecule has 0 spiro atoms. The summed E-state index contributed by atoms with van der Waals surface area (Å²) in [5, 5.41) is 3.38. The first-order valence-electron chi connectivity index (χ1n) is 12.7. The quantitative estimate of drug-likeness (QED) is 0.725. The predicted molar refractivity (Wildman–Crippen MR) is 123 cm³/mol. The molecule has 5 aliphatic rings. The minimum Gasteiger partial charge on any atom is -0.490 e. The lowest BCUT2D eigenvalue weighted by molar-refractivity contribution is -0.127. The maximum absolute atomic E-state index is 13.2. The van der Waals surface area contributed by atoms with E-state index in [-0.39, 0.29) is 16.7 Å². The average Bonchev–Trinajstić information content (AvgIpc) is 3.49. The van der Waals surface area contributed by atoms with Gasteiger partial charge in [-0.15, -0.1) is 0 Å². The number of hydrogen-bond acceptors (Lipinski definition) is 5. The Morgan fingerprint density at radius 3 is 2.48 bits per heavy atom. The van der Waals surface area contributed by atoms with Crippen LogP contribution in [0.5, 0.6) is 11.5 Å². The third-order valence-electron chi connectivity index (χ3n) is 8.94. The SMILES string of the molecule is O=C(N[C@@H]1C[C@H]2C[C@H]1[C@@H]1CCC[C@@H]21)C1CCN(S(=O)(=O)c2ccc3c(c2)OCCCO3)CC1. The Balaban J connectivity index is 1.06. The summed E-state index contributed by atoms with van der Waals surface area (Å²) in [7, 11) is -3.63. The van der Waals surface area contributed by atoms with Crippen molar-refractivity contribution in [3.63, 3.8) is 0 Å². The van der Waals surface area contributed by atoms with E-state index in [2.05, 4.69) is 5.32 Å². The van der Waals surface area contributed by atoms with Gasteiger partial charge in [0.15, 0.2) is 11.5 Å². The first-order chi connectivity index (χ1) is 16.0. The molecule has 3 aliphatic carbocycles. The largest absolute Gasteiger partial charge is 0.490 e. The molecule has 7 nitrogen and oxygen atoms in total. The zero-order chi connectivity index (χ0) is 22.6. The fourth-order valence-electron chi connectivity index (χ4n) is 7.35. The number of carbonyl (C=O) groups excluding carboxylic acids is 1. The van der Waals surface area contributed by atoms with E-state index in [1.54, 1.807) is 18.2 Å². The summed E-state index contributed by atoms with van der Waals surface area (Å²) in [5.74, 6) is 4.34. The van der Waals surface area contributed by atoms with E-state index in [1.165, 1.54) is 30.0 Å². The number of hydrogen-bond donors (Lipinski definition) is 1. The van der Waals surface area contributed by atoms with Crippen molar-refractivity contribution in [2.45, 2.75) is 62.3 Å². The normalized spacial score (nSPS) is 34.1. The second kappa shape index (κ2) is 8.45. The average molecular weight is 475 g/mol.